The predicted molar refractivity (Wildman–Crippen MR) is 124 cm³/mol. The van der Waals surface area contributed by atoms with Crippen LogP contribution in [0.5, 0.6) is 5.75 Å². The number of aromatic amines is 1. The van der Waals surface area contributed by atoms with Crippen molar-refractivity contribution in [1.82, 2.24) is 9.88 Å². The largest absolute Gasteiger partial charge is 0.494 e. The molecular formula is C27H26N2O2. The lowest BCUT2D eigenvalue weighted by molar-refractivity contribution is 0.0691. The number of hydrogen-bond donors (Lipinski definition) is 1. The first kappa shape index (κ1) is 19.4. The Morgan fingerprint density at radius 1 is 1.03 bits per heavy atom. The number of nitrogens with zero attached hydrogens (tertiary/aromatic N) is 1. The van der Waals surface area contributed by atoms with Crippen molar-refractivity contribution in [3.8, 4) is 5.75 Å². The second kappa shape index (κ2) is 7.95. The van der Waals surface area contributed by atoms with Crippen molar-refractivity contribution in [2.75, 3.05) is 13.2 Å². The summed E-state index contributed by atoms with van der Waals surface area (Å²) in [6, 6.07) is 24.2. The first-order chi connectivity index (χ1) is 15.2. The van der Waals surface area contributed by atoms with Crippen LogP contribution in [0.2, 0.25) is 0 Å². The summed E-state index contributed by atoms with van der Waals surface area (Å²) in [7, 11) is 0. The third-order valence-corrected chi connectivity index (χ3v) is 6.18. The average molecular weight is 411 g/mol. The number of H-pyrrole nitrogens is 1. The van der Waals surface area contributed by atoms with Crippen LogP contribution in [0.4, 0.5) is 0 Å². The molecule has 2 heterocycles. The number of benzene rings is 3. The van der Waals surface area contributed by atoms with Crippen molar-refractivity contribution >= 4 is 16.8 Å². The molecule has 1 aliphatic rings. The van der Waals surface area contributed by atoms with Gasteiger partial charge >= 0.3 is 0 Å². The fourth-order valence-corrected chi connectivity index (χ4v) is 4.69. The number of aryl methyl sites for hydroxylation is 1. The Morgan fingerprint density at radius 3 is 2.55 bits per heavy atom. The topological polar surface area (TPSA) is 45.3 Å². The quantitative estimate of drug-likeness (QED) is 0.472. The first-order valence-corrected chi connectivity index (χ1v) is 10.9. The molecule has 4 aromatic rings. The smallest absolute Gasteiger partial charge is 0.254 e. The van der Waals surface area contributed by atoms with E-state index in [-0.39, 0.29) is 11.9 Å². The number of fused-ring (bicyclic) bond motifs is 3. The van der Waals surface area contributed by atoms with Gasteiger partial charge in [0, 0.05) is 28.7 Å². The Labute approximate surface area is 182 Å². The van der Waals surface area contributed by atoms with E-state index in [4.69, 9.17) is 4.74 Å². The molecule has 4 heteroatoms. The SMILES string of the molecule is CCOc1ccc([C@@H]2c3[nH]c4ccccc4c3CCN2C(=O)c2ccccc2C)cc1. The molecule has 0 radical (unpaired) electrons. The van der Waals surface area contributed by atoms with Gasteiger partial charge < -0.3 is 14.6 Å². The molecule has 1 aliphatic heterocycles. The molecule has 0 bridgehead atoms. The Bertz CT molecular complexity index is 1240. The van der Waals surface area contributed by atoms with Crippen molar-refractivity contribution in [2.45, 2.75) is 26.3 Å². The standard InChI is InChI=1S/C27H26N2O2/c1-3-31-20-14-12-19(13-15-20)26-25-23(22-10-6-7-11-24(22)28-25)16-17-29(26)27(30)21-9-5-4-8-18(21)2/h4-15,26,28H,3,16-17H2,1-2H3/t26-/m1/s1. The van der Waals surface area contributed by atoms with E-state index in [0.717, 1.165) is 40.1 Å². The molecule has 1 N–H and O–H groups in total. The zero-order valence-electron chi connectivity index (χ0n) is 17.9. The third kappa shape index (κ3) is 3.38. The number of para-hydroxylation sites is 1. The first-order valence-electron chi connectivity index (χ1n) is 10.9. The van der Waals surface area contributed by atoms with Gasteiger partial charge in [0.25, 0.3) is 5.91 Å². The monoisotopic (exact) mass is 410 g/mol. The molecule has 0 saturated carbocycles. The van der Waals surface area contributed by atoms with E-state index in [1.807, 2.05) is 61.2 Å². The van der Waals surface area contributed by atoms with Crippen molar-refractivity contribution in [2.24, 2.45) is 0 Å². The molecule has 31 heavy (non-hydrogen) atoms. The Morgan fingerprint density at radius 2 is 1.77 bits per heavy atom. The number of carbonyl (C=O) groups is 1. The highest BCUT2D eigenvalue weighted by atomic mass is 16.5. The Hall–Kier alpha value is -3.53. The van der Waals surface area contributed by atoms with Crippen molar-refractivity contribution in [3.05, 3.63) is 101 Å². The van der Waals surface area contributed by atoms with Crippen molar-refractivity contribution in [3.63, 3.8) is 0 Å². The van der Waals surface area contributed by atoms with Crippen LogP contribution >= 0.6 is 0 Å². The summed E-state index contributed by atoms with van der Waals surface area (Å²) in [6.45, 7) is 5.29. The highest BCUT2D eigenvalue weighted by Crippen LogP contribution is 2.39. The zero-order chi connectivity index (χ0) is 21.4. The van der Waals surface area contributed by atoms with Crippen molar-refractivity contribution < 1.29 is 9.53 Å². The summed E-state index contributed by atoms with van der Waals surface area (Å²) in [6.07, 6.45) is 0.838. The highest BCUT2D eigenvalue weighted by molar-refractivity contribution is 5.97. The maximum Gasteiger partial charge on any atom is 0.254 e. The molecule has 1 atom stereocenters. The van der Waals surface area contributed by atoms with E-state index in [1.54, 1.807) is 0 Å². The Balaban J connectivity index is 1.64. The summed E-state index contributed by atoms with van der Waals surface area (Å²) < 4.78 is 5.64. The van der Waals surface area contributed by atoms with Crippen LogP contribution in [0.1, 0.15) is 45.7 Å². The fraction of sp³-hybridized carbons (Fsp3) is 0.222. The molecule has 4 nitrogen and oxygen atoms in total. The molecule has 0 saturated heterocycles. The molecule has 0 aliphatic carbocycles. The van der Waals surface area contributed by atoms with Gasteiger partial charge in [0.2, 0.25) is 0 Å². The summed E-state index contributed by atoms with van der Waals surface area (Å²) in [5, 5.41) is 1.25. The number of carbonyl (C=O) groups excluding carboxylic acids is 1. The summed E-state index contributed by atoms with van der Waals surface area (Å²) in [5.74, 6) is 0.914. The summed E-state index contributed by atoms with van der Waals surface area (Å²) in [5.41, 5.74) is 6.38. The second-order valence-corrected chi connectivity index (χ2v) is 8.03. The van der Waals surface area contributed by atoms with Gasteiger partial charge in [0.15, 0.2) is 0 Å². The number of aromatic nitrogens is 1. The van der Waals surface area contributed by atoms with Crippen LogP contribution in [-0.2, 0) is 6.42 Å². The maximum atomic E-state index is 13.7. The molecule has 0 unspecified atom stereocenters. The van der Waals surface area contributed by atoms with Crippen molar-refractivity contribution in [1.29, 1.82) is 0 Å². The molecule has 156 valence electrons. The maximum absolute atomic E-state index is 13.7. The van der Waals surface area contributed by atoms with E-state index < -0.39 is 0 Å². The van der Waals surface area contributed by atoms with Gasteiger partial charge in [-0.2, -0.15) is 0 Å². The van der Waals surface area contributed by atoms with Gasteiger partial charge in [0.05, 0.1) is 12.6 Å². The second-order valence-electron chi connectivity index (χ2n) is 8.03. The van der Waals surface area contributed by atoms with Gasteiger partial charge in [-0.3, -0.25) is 4.79 Å². The van der Waals surface area contributed by atoms with Crippen LogP contribution in [0.25, 0.3) is 10.9 Å². The number of rotatable bonds is 4. The molecule has 5 rings (SSSR count). The van der Waals surface area contributed by atoms with E-state index in [2.05, 4.69) is 35.3 Å². The van der Waals surface area contributed by atoms with Crippen LogP contribution in [0.3, 0.4) is 0 Å². The highest BCUT2D eigenvalue weighted by Gasteiger charge is 2.35. The van der Waals surface area contributed by atoms with E-state index in [0.29, 0.717) is 13.2 Å². The molecule has 3 aromatic carbocycles. The van der Waals surface area contributed by atoms with E-state index >= 15 is 0 Å². The van der Waals surface area contributed by atoms with Crippen LogP contribution < -0.4 is 4.74 Å². The summed E-state index contributed by atoms with van der Waals surface area (Å²) in [4.78, 5) is 19.3. The molecule has 0 fully saturated rings. The van der Waals surface area contributed by atoms with Gasteiger partial charge in [-0.25, -0.2) is 0 Å². The third-order valence-electron chi connectivity index (χ3n) is 6.18. The summed E-state index contributed by atoms with van der Waals surface area (Å²) >= 11 is 0. The van der Waals surface area contributed by atoms with Crippen LogP contribution in [0, 0.1) is 6.92 Å². The Kier molecular flexibility index (Phi) is 4.99. The van der Waals surface area contributed by atoms with Gasteiger partial charge in [0.1, 0.15) is 5.75 Å². The lowest BCUT2D eigenvalue weighted by Crippen LogP contribution is -2.40. The number of hydrogen-bond acceptors (Lipinski definition) is 2. The number of nitrogens with one attached hydrogen (secondary N) is 1. The zero-order valence-corrected chi connectivity index (χ0v) is 17.9. The normalized spacial score (nSPS) is 15.7. The van der Waals surface area contributed by atoms with E-state index in [9.17, 15) is 4.79 Å². The molecular weight excluding hydrogens is 384 g/mol. The molecule has 1 amide bonds. The van der Waals surface area contributed by atoms with Gasteiger partial charge in [-0.05, 0) is 61.2 Å². The number of amides is 1. The van der Waals surface area contributed by atoms with Gasteiger partial charge in [-0.1, -0.05) is 48.5 Å². The molecule has 1 aromatic heterocycles. The van der Waals surface area contributed by atoms with Gasteiger partial charge in [-0.15, -0.1) is 0 Å². The minimum atomic E-state index is -0.168. The van der Waals surface area contributed by atoms with E-state index in [1.165, 1.54) is 10.9 Å². The lowest BCUT2D eigenvalue weighted by Gasteiger charge is -2.36. The predicted octanol–water partition coefficient (Wildman–Crippen LogP) is 5.66. The minimum absolute atomic E-state index is 0.0706. The van der Waals surface area contributed by atoms with Crippen LogP contribution in [-0.4, -0.2) is 28.9 Å². The number of ether oxygens (including phenoxy) is 1. The fourth-order valence-electron chi connectivity index (χ4n) is 4.69. The lowest BCUT2D eigenvalue weighted by atomic mass is 9.91. The molecule has 0 spiro atoms. The average Bonchev–Trinajstić information content (AvgIpc) is 3.18. The van der Waals surface area contributed by atoms with Crippen LogP contribution in [0.15, 0.2) is 72.8 Å². The minimum Gasteiger partial charge on any atom is -0.494 e.